The Morgan fingerprint density at radius 3 is 2.35 bits per heavy atom. The fraction of sp³-hybridized carbons (Fsp3) is 0.750. The van der Waals surface area contributed by atoms with Crippen LogP contribution >= 0.6 is 0 Å². The van der Waals surface area contributed by atoms with E-state index in [4.69, 9.17) is 5.73 Å². The molecule has 1 aromatic rings. The molecule has 3 N–H and O–H groups in total. The third kappa shape index (κ3) is 1.97. The van der Waals surface area contributed by atoms with Crippen LogP contribution < -0.4 is 11.1 Å². The highest BCUT2D eigenvalue weighted by molar-refractivity contribution is 5.36. The van der Waals surface area contributed by atoms with E-state index in [1.807, 2.05) is 0 Å². The summed E-state index contributed by atoms with van der Waals surface area (Å²) in [6.45, 7) is 2.32. The number of rotatable bonds is 3. The fourth-order valence-electron chi connectivity index (χ4n) is 5.50. The lowest BCUT2D eigenvalue weighted by atomic mass is 9.48. The van der Waals surface area contributed by atoms with E-state index >= 15 is 0 Å². The highest BCUT2D eigenvalue weighted by Gasteiger charge is 2.53. The van der Waals surface area contributed by atoms with Crippen molar-refractivity contribution in [3.63, 3.8) is 0 Å². The van der Waals surface area contributed by atoms with Gasteiger partial charge in [0.05, 0.1) is 0 Å². The average molecular weight is 272 g/mol. The molecule has 0 saturated heterocycles. The van der Waals surface area contributed by atoms with Crippen LogP contribution in [0, 0.1) is 23.2 Å². The molecule has 5 rings (SSSR count). The zero-order chi connectivity index (χ0) is 13.7. The van der Waals surface area contributed by atoms with Crippen molar-refractivity contribution in [1.82, 2.24) is 9.97 Å². The molecule has 1 atom stereocenters. The zero-order valence-corrected chi connectivity index (χ0v) is 12.2. The highest BCUT2D eigenvalue weighted by Crippen LogP contribution is 2.61. The summed E-state index contributed by atoms with van der Waals surface area (Å²) in [6.07, 6.45) is 10.4. The number of hydrogen-bond donors (Lipinski definition) is 2. The van der Waals surface area contributed by atoms with Gasteiger partial charge in [-0.15, -0.1) is 0 Å². The molecule has 20 heavy (non-hydrogen) atoms. The van der Waals surface area contributed by atoms with Gasteiger partial charge in [-0.25, -0.2) is 4.98 Å². The van der Waals surface area contributed by atoms with Gasteiger partial charge in [0.25, 0.3) is 0 Å². The van der Waals surface area contributed by atoms with Crippen LogP contribution in [0.2, 0.25) is 0 Å². The number of nitrogens with two attached hydrogens (primary N) is 1. The Hall–Kier alpha value is -1.32. The van der Waals surface area contributed by atoms with Crippen LogP contribution in [-0.4, -0.2) is 16.0 Å². The van der Waals surface area contributed by atoms with Crippen molar-refractivity contribution in [2.24, 2.45) is 23.2 Å². The summed E-state index contributed by atoms with van der Waals surface area (Å²) in [5, 5.41) is 3.54. The minimum absolute atomic E-state index is 0.442. The molecule has 0 aromatic carbocycles. The maximum atomic E-state index is 5.75. The van der Waals surface area contributed by atoms with E-state index in [1.165, 1.54) is 38.5 Å². The molecular formula is C16H24N4. The maximum Gasteiger partial charge on any atom is 0.224 e. The Labute approximate surface area is 120 Å². The summed E-state index contributed by atoms with van der Waals surface area (Å²) < 4.78 is 0. The van der Waals surface area contributed by atoms with Gasteiger partial charge in [-0.1, -0.05) is 0 Å². The van der Waals surface area contributed by atoms with Crippen molar-refractivity contribution in [2.75, 3.05) is 11.1 Å². The second kappa shape index (κ2) is 4.34. The van der Waals surface area contributed by atoms with Crippen LogP contribution in [0.4, 0.5) is 11.8 Å². The molecule has 0 aliphatic heterocycles. The number of anilines is 2. The van der Waals surface area contributed by atoms with Crippen LogP contribution in [0.5, 0.6) is 0 Å². The van der Waals surface area contributed by atoms with Crippen molar-refractivity contribution < 1.29 is 0 Å². The Morgan fingerprint density at radius 2 is 1.80 bits per heavy atom. The molecule has 0 spiro atoms. The molecule has 4 bridgehead atoms. The van der Waals surface area contributed by atoms with Gasteiger partial charge in [-0.2, -0.15) is 4.98 Å². The zero-order valence-electron chi connectivity index (χ0n) is 12.2. The smallest absolute Gasteiger partial charge is 0.224 e. The minimum Gasteiger partial charge on any atom is -0.384 e. The normalized spacial score (nSPS) is 39.8. The standard InChI is InChI=1S/C16H24N4/c1-10(19-15-18-3-2-14(17)20-15)16-7-11-4-12(8-16)6-13(5-11)9-16/h2-3,10-13H,4-9H2,1H3,(H3,17,18,19,20). The second-order valence-corrected chi connectivity index (χ2v) is 7.45. The molecule has 4 aliphatic carbocycles. The third-order valence-electron chi connectivity index (χ3n) is 6.03. The van der Waals surface area contributed by atoms with Gasteiger partial charge in [0.2, 0.25) is 5.95 Å². The fourth-order valence-corrected chi connectivity index (χ4v) is 5.50. The van der Waals surface area contributed by atoms with Gasteiger partial charge in [-0.3, -0.25) is 0 Å². The molecule has 108 valence electrons. The van der Waals surface area contributed by atoms with E-state index in [1.54, 1.807) is 12.3 Å². The first-order valence-electron chi connectivity index (χ1n) is 7.98. The Balaban J connectivity index is 1.54. The third-order valence-corrected chi connectivity index (χ3v) is 6.03. The molecule has 4 nitrogen and oxygen atoms in total. The Bertz CT molecular complexity index is 478. The van der Waals surface area contributed by atoms with Gasteiger partial charge < -0.3 is 11.1 Å². The van der Waals surface area contributed by atoms with Gasteiger partial charge in [0, 0.05) is 12.2 Å². The first-order chi connectivity index (χ1) is 9.63. The van der Waals surface area contributed by atoms with Gasteiger partial charge in [0.15, 0.2) is 0 Å². The SMILES string of the molecule is CC(Nc1nccc(N)n1)C12CC3CC(CC(C3)C1)C2. The molecule has 4 heteroatoms. The van der Waals surface area contributed by atoms with Gasteiger partial charge in [0.1, 0.15) is 5.82 Å². The summed E-state index contributed by atoms with van der Waals surface area (Å²) in [7, 11) is 0. The number of nitrogens with zero attached hydrogens (tertiary/aromatic N) is 2. The van der Waals surface area contributed by atoms with Crippen LogP contribution in [0.15, 0.2) is 12.3 Å². The minimum atomic E-state index is 0.442. The lowest BCUT2D eigenvalue weighted by molar-refractivity contribution is -0.0603. The van der Waals surface area contributed by atoms with Crippen molar-refractivity contribution in [3.8, 4) is 0 Å². The monoisotopic (exact) mass is 272 g/mol. The topological polar surface area (TPSA) is 63.8 Å². The van der Waals surface area contributed by atoms with Crippen LogP contribution in [0.25, 0.3) is 0 Å². The largest absolute Gasteiger partial charge is 0.384 e. The molecule has 1 aromatic heterocycles. The number of nitrogens with one attached hydrogen (secondary N) is 1. The number of hydrogen-bond acceptors (Lipinski definition) is 4. The number of aromatic nitrogens is 2. The van der Waals surface area contributed by atoms with Crippen molar-refractivity contribution >= 4 is 11.8 Å². The molecule has 0 amide bonds. The van der Waals surface area contributed by atoms with E-state index < -0.39 is 0 Å². The molecule has 4 aliphatic rings. The lowest BCUT2D eigenvalue weighted by Crippen LogP contribution is -2.53. The molecule has 4 saturated carbocycles. The van der Waals surface area contributed by atoms with Gasteiger partial charge >= 0.3 is 0 Å². The van der Waals surface area contributed by atoms with Crippen molar-refractivity contribution in [2.45, 2.75) is 51.5 Å². The summed E-state index contributed by atoms with van der Waals surface area (Å²) in [4.78, 5) is 8.60. The Morgan fingerprint density at radius 1 is 1.20 bits per heavy atom. The van der Waals surface area contributed by atoms with Crippen LogP contribution in [0.3, 0.4) is 0 Å². The average Bonchev–Trinajstić information content (AvgIpc) is 2.37. The van der Waals surface area contributed by atoms with Gasteiger partial charge in [-0.05, 0) is 74.7 Å². The van der Waals surface area contributed by atoms with E-state index in [2.05, 4.69) is 22.2 Å². The summed E-state index contributed by atoms with van der Waals surface area (Å²) in [6, 6.07) is 2.18. The van der Waals surface area contributed by atoms with E-state index in [9.17, 15) is 0 Å². The predicted octanol–water partition coefficient (Wildman–Crippen LogP) is 3.08. The van der Waals surface area contributed by atoms with Crippen LogP contribution in [-0.2, 0) is 0 Å². The second-order valence-electron chi connectivity index (χ2n) is 7.45. The quantitative estimate of drug-likeness (QED) is 0.887. The Kier molecular flexibility index (Phi) is 2.69. The lowest BCUT2D eigenvalue weighted by Gasteiger charge is -2.59. The predicted molar refractivity (Wildman–Crippen MR) is 80.1 cm³/mol. The molecule has 0 radical (unpaired) electrons. The summed E-state index contributed by atoms with van der Waals surface area (Å²) in [5.74, 6) is 4.17. The summed E-state index contributed by atoms with van der Waals surface area (Å²) in [5.41, 5.74) is 6.22. The van der Waals surface area contributed by atoms with Crippen molar-refractivity contribution in [3.05, 3.63) is 12.3 Å². The number of nitrogen functional groups attached to an aromatic ring is 1. The summed E-state index contributed by atoms with van der Waals surface area (Å²) >= 11 is 0. The first-order valence-corrected chi connectivity index (χ1v) is 7.98. The molecule has 1 unspecified atom stereocenters. The van der Waals surface area contributed by atoms with E-state index in [-0.39, 0.29) is 0 Å². The molecule has 1 heterocycles. The van der Waals surface area contributed by atoms with Crippen molar-refractivity contribution in [1.29, 1.82) is 0 Å². The van der Waals surface area contributed by atoms with Crippen LogP contribution in [0.1, 0.15) is 45.4 Å². The molecular weight excluding hydrogens is 248 g/mol. The maximum absolute atomic E-state index is 5.75. The van der Waals surface area contributed by atoms with E-state index in [0.717, 1.165) is 17.8 Å². The first kappa shape index (κ1) is 12.4. The molecule has 4 fully saturated rings. The van der Waals surface area contributed by atoms with E-state index in [0.29, 0.717) is 23.2 Å². The highest BCUT2D eigenvalue weighted by atomic mass is 15.1.